The molecule has 0 aliphatic heterocycles. The standard InChI is InChI=1S/C5H6Cl2N2/c6-2-1-5-8-3-4(7)9-5/h3H,1-2H2,(H,8,9). The van der Waals surface area contributed by atoms with Crippen molar-refractivity contribution in [3.63, 3.8) is 0 Å². The van der Waals surface area contributed by atoms with E-state index in [4.69, 9.17) is 23.2 Å². The second kappa shape index (κ2) is 3.08. The lowest BCUT2D eigenvalue weighted by Crippen LogP contribution is -1.87. The second-order valence-corrected chi connectivity index (χ2v) is 2.40. The molecule has 0 radical (unpaired) electrons. The zero-order chi connectivity index (χ0) is 6.69. The van der Waals surface area contributed by atoms with Gasteiger partial charge in [-0.05, 0) is 0 Å². The summed E-state index contributed by atoms with van der Waals surface area (Å²) in [4.78, 5) is 6.78. The van der Waals surface area contributed by atoms with E-state index < -0.39 is 0 Å². The van der Waals surface area contributed by atoms with Crippen molar-refractivity contribution in [2.24, 2.45) is 0 Å². The Morgan fingerprint density at radius 2 is 2.44 bits per heavy atom. The molecule has 0 spiro atoms. The van der Waals surface area contributed by atoms with Gasteiger partial charge in [0, 0.05) is 12.3 Å². The summed E-state index contributed by atoms with van der Waals surface area (Å²) in [6.45, 7) is 0. The molecule has 2 nitrogen and oxygen atoms in total. The minimum atomic E-state index is 0.565. The third-order valence-electron chi connectivity index (χ3n) is 0.929. The number of nitrogens with zero attached hydrogens (tertiary/aromatic N) is 1. The van der Waals surface area contributed by atoms with Crippen molar-refractivity contribution in [1.82, 2.24) is 9.97 Å². The Morgan fingerprint density at radius 3 is 2.89 bits per heavy atom. The molecule has 1 N–H and O–H groups in total. The van der Waals surface area contributed by atoms with Crippen LogP contribution in [0.1, 0.15) is 5.82 Å². The minimum Gasteiger partial charge on any atom is -0.333 e. The van der Waals surface area contributed by atoms with Crippen molar-refractivity contribution in [2.45, 2.75) is 6.42 Å². The third-order valence-corrected chi connectivity index (χ3v) is 1.31. The Morgan fingerprint density at radius 1 is 1.67 bits per heavy atom. The predicted molar refractivity (Wildman–Crippen MR) is 38.0 cm³/mol. The van der Waals surface area contributed by atoms with E-state index in [-0.39, 0.29) is 0 Å². The number of hydrogen-bond acceptors (Lipinski definition) is 1. The van der Waals surface area contributed by atoms with Gasteiger partial charge in [0.15, 0.2) is 0 Å². The maximum absolute atomic E-state index is 5.53. The van der Waals surface area contributed by atoms with Crippen LogP contribution in [0.15, 0.2) is 6.20 Å². The molecular weight excluding hydrogens is 159 g/mol. The summed E-state index contributed by atoms with van der Waals surface area (Å²) in [5.74, 6) is 1.42. The van der Waals surface area contributed by atoms with Gasteiger partial charge in [-0.15, -0.1) is 11.6 Å². The number of imidazole rings is 1. The van der Waals surface area contributed by atoms with Crippen molar-refractivity contribution in [3.05, 3.63) is 17.2 Å². The molecule has 0 amide bonds. The highest BCUT2D eigenvalue weighted by Gasteiger charge is 1.94. The lowest BCUT2D eigenvalue weighted by molar-refractivity contribution is 0.996. The SMILES string of the molecule is ClCCc1ncc(Cl)[nH]1. The van der Waals surface area contributed by atoms with E-state index in [0.29, 0.717) is 11.0 Å². The predicted octanol–water partition coefficient (Wildman–Crippen LogP) is 1.84. The van der Waals surface area contributed by atoms with Crippen molar-refractivity contribution < 1.29 is 0 Å². The zero-order valence-corrected chi connectivity index (χ0v) is 6.21. The quantitative estimate of drug-likeness (QED) is 0.665. The van der Waals surface area contributed by atoms with Gasteiger partial charge in [0.2, 0.25) is 0 Å². The van der Waals surface area contributed by atoms with Crippen LogP contribution in [-0.2, 0) is 6.42 Å². The lowest BCUT2D eigenvalue weighted by atomic mass is 10.5. The molecule has 0 aromatic carbocycles. The number of rotatable bonds is 2. The molecule has 0 atom stereocenters. The van der Waals surface area contributed by atoms with Crippen molar-refractivity contribution in [2.75, 3.05) is 5.88 Å². The first-order chi connectivity index (χ1) is 4.33. The van der Waals surface area contributed by atoms with Crippen LogP contribution in [0.25, 0.3) is 0 Å². The maximum Gasteiger partial charge on any atom is 0.126 e. The van der Waals surface area contributed by atoms with Crippen LogP contribution in [0.2, 0.25) is 5.15 Å². The summed E-state index contributed by atoms with van der Waals surface area (Å²) in [7, 11) is 0. The molecule has 9 heavy (non-hydrogen) atoms. The van der Waals surface area contributed by atoms with Gasteiger partial charge in [-0.2, -0.15) is 0 Å². The summed E-state index contributed by atoms with van der Waals surface area (Å²) in [5.41, 5.74) is 0. The zero-order valence-electron chi connectivity index (χ0n) is 4.69. The fourth-order valence-electron chi connectivity index (χ4n) is 0.554. The molecule has 0 bridgehead atoms. The van der Waals surface area contributed by atoms with E-state index in [0.717, 1.165) is 12.2 Å². The van der Waals surface area contributed by atoms with Gasteiger partial charge < -0.3 is 4.98 Å². The smallest absolute Gasteiger partial charge is 0.126 e. The van der Waals surface area contributed by atoms with Gasteiger partial charge in [0.1, 0.15) is 11.0 Å². The normalized spacial score (nSPS) is 10.0. The van der Waals surface area contributed by atoms with Crippen molar-refractivity contribution in [3.8, 4) is 0 Å². The summed E-state index contributed by atoms with van der Waals surface area (Å²) < 4.78 is 0. The monoisotopic (exact) mass is 164 g/mol. The first-order valence-corrected chi connectivity index (χ1v) is 3.49. The van der Waals surface area contributed by atoms with Crippen LogP contribution in [0.5, 0.6) is 0 Å². The van der Waals surface area contributed by atoms with E-state index in [1.165, 1.54) is 0 Å². The molecule has 0 fully saturated rings. The molecule has 1 aromatic rings. The first-order valence-electron chi connectivity index (χ1n) is 2.58. The van der Waals surface area contributed by atoms with Crippen LogP contribution >= 0.6 is 23.2 Å². The van der Waals surface area contributed by atoms with Crippen LogP contribution in [0.3, 0.4) is 0 Å². The highest BCUT2D eigenvalue weighted by molar-refractivity contribution is 6.29. The van der Waals surface area contributed by atoms with Gasteiger partial charge >= 0.3 is 0 Å². The highest BCUT2D eigenvalue weighted by Crippen LogP contribution is 2.03. The number of aromatic amines is 1. The lowest BCUT2D eigenvalue weighted by Gasteiger charge is -1.85. The largest absolute Gasteiger partial charge is 0.333 e. The van der Waals surface area contributed by atoms with Gasteiger partial charge in [-0.3, -0.25) is 0 Å². The Bertz CT molecular complexity index is 185. The Labute approximate surface area is 63.2 Å². The Kier molecular flexibility index (Phi) is 2.37. The summed E-state index contributed by atoms with van der Waals surface area (Å²) in [6.07, 6.45) is 2.32. The third kappa shape index (κ3) is 1.88. The average molecular weight is 165 g/mol. The van der Waals surface area contributed by atoms with Gasteiger partial charge in [-0.25, -0.2) is 4.98 Å². The van der Waals surface area contributed by atoms with Crippen LogP contribution in [0, 0.1) is 0 Å². The van der Waals surface area contributed by atoms with Crippen LogP contribution in [0.4, 0.5) is 0 Å². The summed E-state index contributed by atoms with van der Waals surface area (Å²) in [5, 5.41) is 0.565. The summed E-state index contributed by atoms with van der Waals surface area (Å²) in [6, 6.07) is 0. The van der Waals surface area contributed by atoms with Crippen LogP contribution < -0.4 is 0 Å². The maximum atomic E-state index is 5.53. The van der Waals surface area contributed by atoms with E-state index in [2.05, 4.69) is 9.97 Å². The molecule has 4 heteroatoms. The number of halogens is 2. The Hall–Kier alpha value is -0.210. The Balaban J connectivity index is 2.61. The van der Waals surface area contributed by atoms with Gasteiger partial charge in [0.05, 0.1) is 6.20 Å². The van der Waals surface area contributed by atoms with Gasteiger partial charge in [-0.1, -0.05) is 11.6 Å². The molecule has 1 aromatic heterocycles. The topological polar surface area (TPSA) is 28.7 Å². The number of hydrogen-bond donors (Lipinski definition) is 1. The minimum absolute atomic E-state index is 0.565. The van der Waals surface area contributed by atoms with Gasteiger partial charge in [0.25, 0.3) is 0 Å². The number of aryl methyl sites for hydroxylation is 1. The van der Waals surface area contributed by atoms with E-state index in [1.54, 1.807) is 6.20 Å². The van der Waals surface area contributed by atoms with E-state index >= 15 is 0 Å². The number of nitrogens with one attached hydrogen (secondary N) is 1. The molecular formula is C5H6Cl2N2. The number of H-pyrrole nitrogens is 1. The molecule has 0 unspecified atom stereocenters. The second-order valence-electron chi connectivity index (χ2n) is 1.62. The molecule has 0 saturated heterocycles. The first kappa shape index (κ1) is 6.90. The molecule has 50 valence electrons. The average Bonchev–Trinajstić information content (AvgIpc) is 2.17. The molecule has 0 aliphatic rings. The van der Waals surface area contributed by atoms with Crippen LogP contribution in [-0.4, -0.2) is 15.8 Å². The number of aromatic nitrogens is 2. The van der Waals surface area contributed by atoms with Crippen molar-refractivity contribution in [1.29, 1.82) is 0 Å². The fourth-order valence-corrected chi connectivity index (χ4v) is 0.890. The van der Waals surface area contributed by atoms with E-state index in [9.17, 15) is 0 Å². The molecule has 0 aliphatic carbocycles. The fraction of sp³-hybridized carbons (Fsp3) is 0.400. The summed E-state index contributed by atoms with van der Waals surface area (Å²) >= 11 is 11.0. The van der Waals surface area contributed by atoms with E-state index in [1.807, 2.05) is 0 Å². The molecule has 1 rings (SSSR count). The molecule has 0 saturated carbocycles. The molecule has 1 heterocycles. The highest BCUT2D eigenvalue weighted by atomic mass is 35.5. The van der Waals surface area contributed by atoms with Crippen molar-refractivity contribution >= 4 is 23.2 Å². The number of alkyl halides is 1.